The van der Waals surface area contributed by atoms with Crippen molar-refractivity contribution >= 4 is 11.3 Å². The zero-order valence-electron chi connectivity index (χ0n) is 14.0. The summed E-state index contributed by atoms with van der Waals surface area (Å²) in [6, 6.07) is 0.493. The number of aromatic nitrogens is 1. The number of hydrogen-bond donors (Lipinski definition) is 1. The SMILES string of the molecule is CCC(C)(OC)c1nc(CC(C)C)c(CNC(C)C)s1. The molecule has 0 aliphatic carbocycles. The van der Waals surface area contributed by atoms with Crippen LogP contribution in [-0.2, 0) is 23.3 Å². The van der Waals surface area contributed by atoms with E-state index < -0.39 is 0 Å². The number of ether oxygens (including phenoxy) is 1. The molecule has 0 amide bonds. The van der Waals surface area contributed by atoms with Crippen molar-refractivity contribution in [1.82, 2.24) is 10.3 Å². The predicted octanol–water partition coefficient (Wildman–Crippen LogP) is 4.11. The Balaban J connectivity index is 3.04. The molecule has 116 valence electrons. The van der Waals surface area contributed by atoms with Gasteiger partial charge in [0.15, 0.2) is 0 Å². The number of nitrogens with zero attached hydrogens (tertiary/aromatic N) is 1. The van der Waals surface area contributed by atoms with Gasteiger partial charge in [0.1, 0.15) is 10.6 Å². The summed E-state index contributed by atoms with van der Waals surface area (Å²) < 4.78 is 5.70. The molecule has 0 radical (unpaired) electrons. The molecule has 20 heavy (non-hydrogen) atoms. The second-order valence-corrected chi connectivity index (χ2v) is 7.39. The lowest BCUT2D eigenvalue weighted by Gasteiger charge is -2.23. The minimum Gasteiger partial charge on any atom is -0.371 e. The van der Waals surface area contributed by atoms with Gasteiger partial charge in [-0.3, -0.25) is 0 Å². The highest BCUT2D eigenvalue weighted by Gasteiger charge is 2.29. The minimum atomic E-state index is -0.257. The molecule has 0 spiro atoms. The van der Waals surface area contributed by atoms with E-state index in [4.69, 9.17) is 9.72 Å². The lowest BCUT2D eigenvalue weighted by molar-refractivity contribution is -0.00168. The molecule has 0 aliphatic heterocycles. The number of rotatable bonds is 8. The van der Waals surface area contributed by atoms with Crippen molar-refractivity contribution in [3.63, 3.8) is 0 Å². The van der Waals surface area contributed by atoms with Gasteiger partial charge in [-0.1, -0.05) is 34.6 Å². The zero-order chi connectivity index (χ0) is 15.3. The average molecular weight is 298 g/mol. The summed E-state index contributed by atoms with van der Waals surface area (Å²) >= 11 is 1.80. The average Bonchev–Trinajstić information content (AvgIpc) is 2.78. The van der Waals surface area contributed by atoms with Gasteiger partial charge in [-0.05, 0) is 25.7 Å². The third-order valence-electron chi connectivity index (χ3n) is 3.63. The van der Waals surface area contributed by atoms with Gasteiger partial charge in [0.2, 0.25) is 0 Å². The van der Waals surface area contributed by atoms with E-state index in [0.717, 1.165) is 24.4 Å². The van der Waals surface area contributed by atoms with Crippen LogP contribution < -0.4 is 5.32 Å². The van der Waals surface area contributed by atoms with Crippen molar-refractivity contribution in [2.75, 3.05) is 7.11 Å². The maximum atomic E-state index is 5.70. The molecule has 0 bridgehead atoms. The Hall–Kier alpha value is -0.450. The number of hydrogen-bond acceptors (Lipinski definition) is 4. The normalized spacial score (nSPS) is 15.1. The van der Waals surface area contributed by atoms with E-state index in [2.05, 4.69) is 46.9 Å². The molecule has 0 aliphatic rings. The molecule has 1 N–H and O–H groups in total. The van der Waals surface area contributed by atoms with Crippen molar-refractivity contribution in [3.8, 4) is 0 Å². The second-order valence-electron chi connectivity index (χ2n) is 6.31. The molecule has 1 aromatic heterocycles. The highest BCUT2D eigenvalue weighted by molar-refractivity contribution is 7.11. The predicted molar refractivity (Wildman–Crippen MR) is 87.3 cm³/mol. The standard InChI is InChI=1S/C16H30N2OS/c1-8-16(6,19-7)15-18-13(9-11(2)3)14(20-15)10-17-12(4)5/h11-12,17H,8-10H2,1-7H3. The van der Waals surface area contributed by atoms with Crippen LogP contribution in [0.3, 0.4) is 0 Å². The molecular formula is C16H30N2OS. The third kappa shape index (κ3) is 4.54. The van der Waals surface area contributed by atoms with E-state index in [9.17, 15) is 0 Å². The monoisotopic (exact) mass is 298 g/mol. The summed E-state index contributed by atoms with van der Waals surface area (Å²) in [6.07, 6.45) is 1.98. The Kier molecular flexibility index (Phi) is 6.62. The molecule has 0 aromatic carbocycles. The number of methoxy groups -OCH3 is 1. The van der Waals surface area contributed by atoms with Gasteiger partial charge in [0.05, 0.1) is 5.69 Å². The van der Waals surface area contributed by atoms with E-state index in [1.165, 1.54) is 10.6 Å². The van der Waals surface area contributed by atoms with E-state index in [1.54, 1.807) is 18.4 Å². The molecule has 1 rings (SSSR count). The first-order valence-electron chi connectivity index (χ1n) is 7.60. The van der Waals surface area contributed by atoms with E-state index in [-0.39, 0.29) is 5.60 Å². The summed E-state index contributed by atoms with van der Waals surface area (Å²) in [5.41, 5.74) is 0.983. The van der Waals surface area contributed by atoms with Crippen LogP contribution in [0.25, 0.3) is 0 Å². The van der Waals surface area contributed by atoms with Crippen molar-refractivity contribution < 1.29 is 4.74 Å². The first kappa shape index (κ1) is 17.6. The summed E-state index contributed by atoms with van der Waals surface area (Å²) in [6.45, 7) is 14.0. The largest absolute Gasteiger partial charge is 0.371 e. The molecule has 0 saturated carbocycles. The van der Waals surface area contributed by atoms with Gasteiger partial charge < -0.3 is 10.1 Å². The van der Waals surface area contributed by atoms with Gasteiger partial charge in [0, 0.05) is 24.6 Å². The summed E-state index contributed by atoms with van der Waals surface area (Å²) in [5.74, 6) is 0.623. The van der Waals surface area contributed by atoms with Crippen molar-refractivity contribution in [3.05, 3.63) is 15.6 Å². The Morgan fingerprint density at radius 1 is 1.30 bits per heavy atom. The molecule has 0 fully saturated rings. The van der Waals surface area contributed by atoms with Crippen LogP contribution >= 0.6 is 11.3 Å². The van der Waals surface area contributed by atoms with Crippen molar-refractivity contribution in [2.45, 2.75) is 72.6 Å². The third-order valence-corrected chi connectivity index (χ3v) is 4.97. The van der Waals surface area contributed by atoms with E-state index in [1.807, 2.05) is 0 Å². The molecule has 4 heteroatoms. The maximum Gasteiger partial charge on any atom is 0.125 e. The smallest absolute Gasteiger partial charge is 0.125 e. The fourth-order valence-electron chi connectivity index (χ4n) is 1.97. The van der Waals surface area contributed by atoms with E-state index in [0.29, 0.717) is 12.0 Å². The van der Waals surface area contributed by atoms with Crippen LogP contribution in [0.1, 0.15) is 63.5 Å². The second kappa shape index (κ2) is 7.53. The highest BCUT2D eigenvalue weighted by atomic mass is 32.1. The van der Waals surface area contributed by atoms with Crippen LogP contribution in [-0.4, -0.2) is 18.1 Å². The Morgan fingerprint density at radius 2 is 1.95 bits per heavy atom. The van der Waals surface area contributed by atoms with Gasteiger partial charge in [-0.2, -0.15) is 0 Å². The summed E-state index contributed by atoms with van der Waals surface area (Å²) in [5, 5.41) is 4.62. The van der Waals surface area contributed by atoms with Crippen LogP contribution in [0.5, 0.6) is 0 Å². The topological polar surface area (TPSA) is 34.1 Å². The van der Waals surface area contributed by atoms with Crippen LogP contribution in [0, 0.1) is 5.92 Å². The fourth-order valence-corrected chi connectivity index (χ4v) is 3.21. The number of nitrogens with one attached hydrogen (secondary N) is 1. The molecule has 1 atom stereocenters. The highest BCUT2D eigenvalue weighted by Crippen LogP contribution is 2.34. The van der Waals surface area contributed by atoms with Gasteiger partial charge in [-0.15, -0.1) is 11.3 Å². The molecule has 1 unspecified atom stereocenters. The van der Waals surface area contributed by atoms with Crippen LogP contribution in [0.2, 0.25) is 0 Å². The van der Waals surface area contributed by atoms with Gasteiger partial charge in [0.25, 0.3) is 0 Å². The molecule has 3 nitrogen and oxygen atoms in total. The first-order chi connectivity index (χ1) is 9.32. The molecule has 1 aromatic rings. The van der Waals surface area contributed by atoms with Crippen molar-refractivity contribution in [1.29, 1.82) is 0 Å². The van der Waals surface area contributed by atoms with Crippen LogP contribution in [0.15, 0.2) is 0 Å². The Labute approximate surface area is 128 Å². The van der Waals surface area contributed by atoms with E-state index >= 15 is 0 Å². The molecular weight excluding hydrogens is 268 g/mol. The number of thiazole rings is 1. The summed E-state index contributed by atoms with van der Waals surface area (Å²) in [7, 11) is 1.78. The maximum absolute atomic E-state index is 5.70. The fraction of sp³-hybridized carbons (Fsp3) is 0.812. The minimum absolute atomic E-state index is 0.257. The molecule has 1 heterocycles. The van der Waals surface area contributed by atoms with Crippen LogP contribution in [0.4, 0.5) is 0 Å². The Bertz CT molecular complexity index is 409. The van der Waals surface area contributed by atoms with Crippen molar-refractivity contribution in [2.24, 2.45) is 5.92 Å². The summed E-state index contributed by atoms with van der Waals surface area (Å²) in [4.78, 5) is 6.26. The first-order valence-corrected chi connectivity index (χ1v) is 8.41. The van der Waals surface area contributed by atoms with Gasteiger partial charge >= 0.3 is 0 Å². The molecule has 0 saturated heterocycles. The van der Waals surface area contributed by atoms with Gasteiger partial charge in [-0.25, -0.2) is 4.98 Å². The quantitative estimate of drug-likeness (QED) is 0.784. The lowest BCUT2D eigenvalue weighted by atomic mass is 10.0. The zero-order valence-corrected chi connectivity index (χ0v) is 14.9. The Morgan fingerprint density at radius 3 is 2.40 bits per heavy atom. The lowest BCUT2D eigenvalue weighted by Crippen LogP contribution is -2.23.